The van der Waals surface area contributed by atoms with Crippen LogP contribution in [-0.4, -0.2) is 45.0 Å². The van der Waals surface area contributed by atoms with E-state index < -0.39 is 15.4 Å². The summed E-state index contributed by atoms with van der Waals surface area (Å²) < 4.78 is 31.2. The molecule has 3 rings (SSSR count). The Bertz CT molecular complexity index is 878. The maximum absolute atomic E-state index is 13.3. The summed E-state index contributed by atoms with van der Waals surface area (Å²) in [5.41, 5.74) is 0.573. The highest BCUT2D eigenvalue weighted by atomic mass is 32.2. The van der Waals surface area contributed by atoms with Crippen LogP contribution in [0.15, 0.2) is 54.6 Å². The molecule has 6 heteroatoms. The van der Waals surface area contributed by atoms with E-state index in [1.54, 1.807) is 7.11 Å². The van der Waals surface area contributed by atoms with Gasteiger partial charge < -0.3 is 4.74 Å². The fourth-order valence-corrected chi connectivity index (χ4v) is 4.50. The first-order valence-electron chi connectivity index (χ1n) is 8.56. The lowest BCUT2D eigenvalue weighted by atomic mass is 9.70. The lowest BCUT2D eigenvalue weighted by Gasteiger charge is -2.35. The highest BCUT2D eigenvalue weighted by Gasteiger charge is 2.45. The molecule has 0 bridgehead atoms. The van der Waals surface area contributed by atoms with Crippen LogP contribution in [-0.2, 0) is 20.2 Å². The van der Waals surface area contributed by atoms with E-state index in [1.165, 1.54) is 10.6 Å². The Morgan fingerprint density at radius 2 is 1.62 bits per heavy atom. The Morgan fingerprint density at radius 1 is 1.00 bits per heavy atom. The van der Waals surface area contributed by atoms with Crippen LogP contribution in [0.5, 0.6) is 5.75 Å². The van der Waals surface area contributed by atoms with E-state index in [9.17, 15) is 13.2 Å². The average molecular weight is 373 g/mol. The molecule has 1 aliphatic rings. The molecule has 1 unspecified atom stereocenters. The van der Waals surface area contributed by atoms with Crippen molar-refractivity contribution in [1.82, 2.24) is 4.31 Å². The number of ether oxygens (including phenoxy) is 1. The van der Waals surface area contributed by atoms with Gasteiger partial charge >= 0.3 is 0 Å². The molecule has 1 heterocycles. The lowest BCUT2D eigenvalue weighted by molar-refractivity contribution is -0.122. The number of hydrogen-bond donors (Lipinski definition) is 0. The third-order valence-corrected chi connectivity index (χ3v) is 6.27. The number of methoxy groups -OCH3 is 1. The van der Waals surface area contributed by atoms with Crippen molar-refractivity contribution in [2.45, 2.75) is 18.3 Å². The molecular formula is C20H23NO4S. The first-order valence-corrected chi connectivity index (χ1v) is 10.4. The SMILES string of the molecule is COc1ccc(C2(c3ccccc3)CN(S(C)(=O)=O)CCCC2=O)cc1. The van der Waals surface area contributed by atoms with Gasteiger partial charge in [-0.2, -0.15) is 0 Å². The molecular weight excluding hydrogens is 350 g/mol. The van der Waals surface area contributed by atoms with Gasteiger partial charge in [0.25, 0.3) is 0 Å². The Kier molecular flexibility index (Phi) is 5.16. The van der Waals surface area contributed by atoms with E-state index in [1.807, 2.05) is 54.6 Å². The van der Waals surface area contributed by atoms with E-state index in [-0.39, 0.29) is 12.3 Å². The quantitative estimate of drug-likeness (QED) is 0.826. The van der Waals surface area contributed by atoms with Gasteiger partial charge in [0.05, 0.1) is 18.8 Å². The molecule has 0 N–H and O–H groups in total. The number of ketones is 1. The van der Waals surface area contributed by atoms with Crippen molar-refractivity contribution < 1.29 is 17.9 Å². The standard InChI is InChI=1S/C20H23NO4S/c1-25-18-12-10-17(11-13-18)20(16-7-4-3-5-8-16)15-21(26(2,23)24)14-6-9-19(20)22/h3-5,7-8,10-13H,6,9,14-15H2,1-2H3. The summed E-state index contributed by atoms with van der Waals surface area (Å²) in [5, 5.41) is 0. The Balaban J connectivity index is 2.22. The monoisotopic (exact) mass is 373 g/mol. The number of nitrogens with zero attached hydrogens (tertiary/aromatic N) is 1. The van der Waals surface area contributed by atoms with Gasteiger partial charge in [0.15, 0.2) is 0 Å². The van der Waals surface area contributed by atoms with Gasteiger partial charge in [0.2, 0.25) is 10.0 Å². The van der Waals surface area contributed by atoms with Crippen molar-refractivity contribution in [3.63, 3.8) is 0 Å². The molecule has 1 atom stereocenters. The van der Waals surface area contributed by atoms with Crippen molar-refractivity contribution in [3.05, 3.63) is 65.7 Å². The number of carbonyl (C=O) groups is 1. The van der Waals surface area contributed by atoms with Gasteiger partial charge in [-0.3, -0.25) is 4.79 Å². The van der Waals surface area contributed by atoms with E-state index in [0.717, 1.165) is 11.1 Å². The van der Waals surface area contributed by atoms with Gasteiger partial charge in [-0.05, 0) is 29.7 Å². The summed E-state index contributed by atoms with van der Waals surface area (Å²) in [5.74, 6) is 0.734. The molecule has 1 aliphatic heterocycles. The van der Waals surface area contributed by atoms with E-state index >= 15 is 0 Å². The topological polar surface area (TPSA) is 63.7 Å². The second kappa shape index (κ2) is 7.21. The van der Waals surface area contributed by atoms with Crippen LogP contribution in [0.3, 0.4) is 0 Å². The molecule has 2 aromatic carbocycles. The molecule has 5 nitrogen and oxygen atoms in total. The number of carbonyl (C=O) groups excluding carboxylic acids is 1. The van der Waals surface area contributed by atoms with Crippen LogP contribution in [0, 0.1) is 0 Å². The van der Waals surface area contributed by atoms with Gasteiger partial charge in [-0.25, -0.2) is 12.7 Å². The summed E-state index contributed by atoms with van der Waals surface area (Å²) in [6, 6.07) is 16.8. The average Bonchev–Trinajstić information content (AvgIpc) is 2.82. The van der Waals surface area contributed by atoms with Gasteiger partial charge in [-0.15, -0.1) is 0 Å². The maximum Gasteiger partial charge on any atom is 0.211 e. The number of Topliss-reactive ketones (excluding diaryl/α,β-unsaturated/α-hetero) is 1. The molecule has 0 aromatic heterocycles. The predicted molar refractivity (Wildman–Crippen MR) is 101 cm³/mol. The van der Waals surface area contributed by atoms with E-state index in [0.29, 0.717) is 25.1 Å². The van der Waals surface area contributed by atoms with Crippen LogP contribution >= 0.6 is 0 Å². The molecule has 0 amide bonds. The second-order valence-corrected chi connectivity index (χ2v) is 8.61. The van der Waals surface area contributed by atoms with Gasteiger partial charge in [0, 0.05) is 19.5 Å². The number of sulfonamides is 1. The smallest absolute Gasteiger partial charge is 0.211 e. The van der Waals surface area contributed by atoms with Crippen molar-refractivity contribution in [2.24, 2.45) is 0 Å². The van der Waals surface area contributed by atoms with Crippen LogP contribution in [0.1, 0.15) is 24.0 Å². The molecule has 0 spiro atoms. The van der Waals surface area contributed by atoms with Crippen molar-refractivity contribution >= 4 is 15.8 Å². The minimum Gasteiger partial charge on any atom is -0.497 e. The van der Waals surface area contributed by atoms with Crippen molar-refractivity contribution in [1.29, 1.82) is 0 Å². The van der Waals surface area contributed by atoms with Gasteiger partial charge in [-0.1, -0.05) is 42.5 Å². The first-order chi connectivity index (χ1) is 12.4. The molecule has 2 aromatic rings. The van der Waals surface area contributed by atoms with Crippen LogP contribution in [0.2, 0.25) is 0 Å². The summed E-state index contributed by atoms with van der Waals surface area (Å²) >= 11 is 0. The normalized spacial score (nSPS) is 22.0. The third kappa shape index (κ3) is 3.39. The van der Waals surface area contributed by atoms with Crippen LogP contribution in [0.4, 0.5) is 0 Å². The molecule has 1 saturated heterocycles. The Labute approximate surface area is 154 Å². The Morgan fingerprint density at radius 3 is 2.19 bits per heavy atom. The Hall–Kier alpha value is -2.18. The molecule has 26 heavy (non-hydrogen) atoms. The van der Waals surface area contributed by atoms with Crippen LogP contribution in [0.25, 0.3) is 0 Å². The second-order valence-electron chi connectivity index (χ2n) is 6.62. The molecule has 0 radical (unpaired) electrons. The summed E-state index contributed by atoms with van der Waals surface area (Å²) in [6.07, 6.45) is 2.07. The largest absolute Gasteiger partial charge is 0.497 e. The molecule has 138 valence electrons. The summed E-state index contributed by atoms with van der Waals surface area (Å²) in [4.78, 5) is 13.3. The summed E-state index contributed by atoms with van der Waals surface area (Å²) in [6.45, 7) is 0.469. The minimum atomic E-state index is -3.42. The zero-order valence-corrected chi connectivity index (χ0v) is 15.8. The van der Waals surface area contributed by atoms with E-state index in [4.69, 9.17) is 4.74 Å². The first kappa shape index (κ1) is 18.6. The molecule has 0 aliphatic carbocycles. The van der Waals surface area contributed by atoms with Crippen molar-refractivity contribution in [2.75, 3.05) is 26.5 Å². The highest BCUT2D eigenvalue weighted by Crippen LogP contribution is 2.38. The fraction of sp³-hybridized carbons (Fsp3) is 0.350. The third-order valence-electron chi connectivity index (χ3n) is 5.02. The van der Waals surface area contributed by atoms with Crippen molar-refractivity contribution in [3.8, 4) is 5.75 Å². The molecule has 0 saturated carbocycles. The van der Waals surface area contributed by atoms with E-state index in [2.05, 4.69) is 0 Å². The molecule has 1 fully saturated rings. The zero-order valence-electron chi connectivity index (χ0n) is 15.0. The maximum atomic E-state index is 13.3. The predicted octanol–water partition coefficient (Wildman–Crippen LogP) is 2.61. The lowest BCUT2D eigenvalue weighted by Crippen LogP contribution is -2.47. The van der Waals surface area contributed by atoms with Gasteiger partial charge in [0.1, 0.15) is 11.5 Å². The number of benzene rings is 2. The minimum absolute atomic E-state index is 0.0417. The highest BCUT2D eigenvalue weighted by molar-refractivity contribution is 7.88. The fourth-order valence-electron chi connectivity index (χ4n) is 3.61. The van der Waals surface area contributed by atoms with Crippen LogP contribution < -0.4 is 4.74 Å². The zero-order chi connectivity index (χ0) is 18.8. The number of rotatable bonds is 4. The summed E-state index contributed by atoms with van der Waals surface area (Å²) in [7, 11) is -1.83. The number of hydrogen-bond acceptors (Lipinski definition) is 4.